The quantitative estimate of drug-likeness (QED) is 0.808. The third-order valence-corrected chi connectivity index (χ3v) is 3.35. The van der Waals surface area contributed by atoms with Gasteiger partial charge in [-0.2, -0.15) is 4.98 Å². The van der Waals surface area contributed by atoms with Crippen LogP contribution in [0.3, 0.4) is 0 Å². The first-order chi connectivity index (χ1) is 9.99. The van der Waals surface area contributed by atoms with Gasteiger partial charge >= 0.3 is 0 Å². The molecule has 0 fully saturated rings. The minimum absolute atomic E-state index is 0.0283. The maximum absolute atomic E-state index is 12.3. The van der Waals surface area contributed by atoms with Gasteiger partial charge in [0, 0.05) is 38.3 Å². The number of imidazole rings is 1. The molecule has 114 valence electrons. The Morgan fingerprint density at radius 1 is 1.43 bits per heavy atom. The van der Waals surface area contributed by atoms with E-state index >= 15 is 0 Å². The molecule has 0 aliphatic rings. The Morgan fingerprint density at radius 2 is 2.19 bits per heavy atom. The lowest BCUT2D eigenvalue weighted by molar-refractivity contribution is -0.132. The van der Waals surface area contributed by atoms with E-state index in [4.69, 9.17) is 4.52 Å². The van der Waals surface area contributed by atoms with Crippen LogP contribution < -0.4 is 0 Å². The summed E-state index contributed by atoms with van der Waals surface area (Å²) in [6, 6.07) is -0.269. The van der Waals surface area contributed by atoms with Crippen LogP contribution >= 0.6 is 0 Å². The van der Waals surface area contributed by atoms with Crippen molar-refractivity contribution < 1.29 is 9.32 Å². The third kappa shape index (κ3) is 3.68. The highest BCUT2D eigenvalue weighted by molar-refractivity contribution is 5.79. The molecule has 0 radical (unpaired) electrons. The average molecular weight is 291 g/mol. The Labute approximate surface area is 124 Å². The van der Waals surface area contributed by atoms with Gasteiger partial charge in [0.15, 0.2) is 5.82 Å². The number of carbonyl (C=O) groups excluding carboxylic acids is 1. The van der Waals surface area contributed by atoms with Gasteiger partial charge in [0.05, 0.1) is 6.33 Å². The predicted octanol–water partition coefficient (Wildman–Crippen LogP) is 1.65. The molecule has 2 aromatic heterocycles. The standard InChI is InChI=1S/C14H21N5O2/c1-10(2)13-16-12(17-21-13)5-7-18(4)14(20)11(3)19-8-6-15-9-19/h6,8-11H,5,7H2,1-4H3/t11-/m1/s1. The summed E-state index contributed by atoms with van der Waals surface area (Å²) in [6.07, 6.45) is 5.67. The zero-order valence-electron chi connectivity index (χ0n) is 12.9. The minimum Gasteiger partial charge on any atom is -0.344 e. The molecule has 0 unspecified atom stereocenters. The molecular formula is C14H21N5O2. The zero-order chi connectivity index (χ0) is 15.4. The Kier molecular flexibility index (Phi) is 4.72. The average Bonchev–Trinajstić information content (AvgIpc) is 3.13. The summed E-state index contributed by atoms with van der Waals surface area (Å²) in [5, 5.41) is 3.92. The summed E-state index contributed by atoms with van der Waals surface area (Å²) in [6.45, 7) is 6.40. The van der Waals surface area contributed by atoms with E-state index < -0.39 is 0 Å². The summed E-state index contributed by atoms with van der Waals surface area (Å²) in [7, 11) is 1.78. The van der Waals surface area contributed by atoms with Crippen LogP contribution in [0.2, 0.25) is 0 Å². The number of likely N-dealkylation sites (N-methyl/N-ethyl adjacent to an activating group) is 1. The summed E-state index contributed by atoms with van der Waals surface area (Å²) < 4.78 is 6.93. The predicted molar refractivity (Wildman–Crippen MR) is 76.7 cm³/mol. The Balaban J connectivity index is 1.88. The van der Waals surface area contributed by atoms with Gasteiger partial charge in [-0.3, -0.25) is 4.79 Å². The van der Waals surface area contributed by atoms with Crippen molar-refractivity contribution >= 4 is 5.91 Å². The van der Waals surface area contributed by atoms with Crippen LogP contribution in [0.5, 0.6) is 0 Å². The minimum atomic E-state index is -0.269. The SMILES string of the molecule is CC(C)c1nc(CCN(C)C(=O)[C@@H](C)n2ccnc2)no1. The Morgan fingerprint density at radius 3 is 2.76 bits per heavy atom. The molecular weight excluding hydrogens is 270 g/mol. The van der Waals surface area contributed by atoms with Crippen molar-refractivity contribution in [1.29, 1.82) is 0 Å². The second kappa shape index (κ2) is 6.51. The van der Waals surface area contributed by atoms with E-state index in [-0.39, 0.29) is 17.9 Å². The van der Waals surface area contributed by atoms with Crippen molar-refractivity contribution in [3.63, 3.8) is 0 Å². The van der Waals surface area contributed by atoms with E-state index in [0.717, 1.165) is 0 Å². The normalized spacial score (nSPS) is 12.6. The maximum Gasteiger partial charge on any atom is 0.245 e. The maximum atomic E-state index is 12.3. The summed E-state index contributed by atoms with van der Waals surface area (Å²) in [5.41, 5.74) is 0. The van der Waals surface area contributed by atoms with E-state index in [0.29, 0.717) is 24.7 Å². The molecule has 0 aliphatic carbocycles. The van der Waals surface area contributed by atoms with Crippen LogP contribution in [-0.2, 0) is 11.2 Å². The number of carbonyl (C=O) groups is 1. The Bertz CT molecular complexity index is 576. The zero-order valence-corrected chi connectivity index (χ0v) is 12.9. The van der Waals surface area contributed by atoms with Crippen LogP contribution in [0, 0.1) is 0 Å². The van der Waals surface area contributed by atoms with Gasteiger partial charge in [0.25, 0.3) is 0 Å². The lowest BCUT2D eigenvalue weighted by Gasteiger charge is -2.21. The molecule has 7 nitrogen and oxygen atoms in total. The smallest absolute Gasteiger partial charge is 0.245 e. The van der Waals surface area contributed by atoms with E-state index in [1.807, 2.05) is 20.8 Å². The second-order valence-electron chi connectivity index (χ2n) is 5.40. The van der Waals surface area contributed by atoms with Crippen molar-refractivity contribution in [2.24, 2.45) is 0 Å². The van der Waals surface area contributed by atoms with Crippen molar-refractivity contribution in [1.82, 2.24) is 24.6 Å². The molecule has 1 atom stereocenters. The molecule has 0 saturated carbocycles. The molecule has 0 bridgehead atoms. The monoisotopic (exact) mass is 291 g/mol. The van der Waals surface area contributed by atoms with Gasteiger partial charge in [-0.05, 0) is 6.92 Å². The fourth-order valence-corrected chi connectivity index (χ4v) is 1.93. The first-order valence-electron chi connectivity index (χ1n) is 7.04. The molecule has 0 aromatic carbocycles. The van der Waals surface area contributed by atoms with Crippen LogP contribution in [0.25, 0.3) is 0 Å². The highest BCUT2D eigenvalue weighted by atomic mass is 16.5. The van der Waals surface area contributed by atoms with Gasteiger partial charge in [-0.15, -0.1) is 0 Å². The van der Waals surface area contributed by atoms with E-state index in [2.05, 4.69) is 15.1 Å². The lowest BCUT2D eigenvalue weighted by Crippen LogP contribution is -2.34. The largest absolute Gasteiger partial charge is 0.344 e. The molecule has 2 rings (SSSR count). The lowest BCUT2D eigenvalue weighted by atomic mass is 10.2. The summed E-state index contributed by atoms with van der Waals surface area (Å²) >= 11 is 0. The van der Waals surface area contributed by atoms with Crippen LogP contribution in [0.1, 0.15) is 44.4 Å². The molecule has 21 heavy (non-hydrogen) atoms. The fraction of sp³-hybridized carbons (Fsp3) is 0.571. The first kappa shape index (κ1) is 15.2. The molecule has 1 amide bonds. The van der Waals surface area contributed by atoms with Crippen LogP contribution in [0.4, 0.5) is 0 Å². The Hall–Kier alpha value is -2.18. The molecule has 2 heterocycles. The fourth-order valence-electron chi connectivity index (χ4n) is 1.93. The first-order valence-corrected chi connectivity index (χ1v) is 7.04. The van der Waals surface area contributed by atoms with Crippen molar-refractivity contribution in [2.45, 2.75) is 39.2 Å². The van der Waals surface area contributed by atoms with Gasteiger partial charge in [-0.1, -0.05) is 19.0 Å². The van der Waals surface area contributed by atoms with Crippen molar-refractivity contribution in [3.8, 4) is 0 Å². The number of hydrogen-bond acceptors (Lipinski definition) is 5. The molecule has 0 saturated heterocycles. The van der Waals surface area contributed by atoms with E-state index in [1.165, 1.54) is 0 Å². The highest BCUT2D eigenvalue weighted by Crippen LogP contribution is 2.12. The van der Waals surface area contributed by atoms with E-state index in [1.54, 1.807) is 35.2 Å². The van der Waals surface area contributed by atoms with Crippen molar-refractivity contribution in [3.05, 3.63) is 30.4 Å². The van der Waals surface area contributed by atoms with Crippen LogP contribution in [0.15, 0.2) is 23.2 Å². The topological polar surface area (TPSA) is 77.1 Å². The van der Waals surface area contributed by atoms with Crippen molar-refractivity contribution in [2.75, 3.05) is 13.6 Å². The van der Waals surface area contributed by atoms with Crippen LogP contribution in [-0.4, -0.2) is 44.1 Å². The van der Waals surface area contributed by atoms with E-state index in [9.17, 15) is 4.79 Å². The number of hydrogen-bond donors (Lipinski definition) is 0. The second-order valence-corrected chi connectivity index (χ2v) is 5.40. The van der Waals surface area contributed by atoms with Gasteiger partial charge < -0.3 is 14.0 Å². The number of amides is 1. The van der Waals surface area contributed by atoms with Gasteiger partial charge in [-0.25, -0.2) is 4.98 Å². The summed E-state index contributed by atoms with van der Waals surface area (Å²) in [5.74, 6) is 1.51. The molecule has 0 N–H and O–H groups in total. The third-order valence-electron chi connectivity index (χ3n) is 3.35. The number of rotatable bonds is 6. The molecule has 2 aromatic rings. The highest BCUT2D eigenvalue weighted by Gasteiger charge is 2.19. The summed E-state index contributed by atoms with van der Waals surface area (Å²) in [4.78, 5) is 22.2. The number of aromatic nitrogens is 4. The molecule has 7 heteroatoms. The van der Waals surface area contributed by atoms with Gasteiger partial charge in [0.2, 0.25) is 11.8 Å². The molecule has 0 spiro atoms. The van der Waals surface area contributed by atoms with Gasteiger partial charge in [0.1, 0.15) is 6.04 Å². The number of nitrogens with zero attached hydrogens (tertiary/aromatic N) is 5. The molecule has 0 aliphatic heterocycles.